The van der Waals surface area contributed by atoms with Gasteiger partial charge >= 0.3 is 0 Å². The third-order valence-corrected chi connectivity index (χ3v) is 6.99. The first-order chi connectivity index (χ1) is 17.7. The van der Waals surface area contributed by atoms with Crippen molar-refractivity contribution in [1.29, 1.82) is 0 Å². The van der Waals surface area contributed by atoms with Gasteiger partial charge in [0.2, 0.25) is 17.7 Å². The molecular formula is C25H31N9O2. The van der Waals surface area contributed by atoms with Crippen LogP contribution >= 0.6 is 0 Å². The maximum atomic E-state index is 5.29. The summed E-state index contributed by atoms with van der Waals surface area (Å²) >= 11 is 0. The van der Waals surface area contributed by atoms with Crippen LogP contribution in [-0.2, 0) is 13.1 Å². The van der Waals surface area contributed by atoms with Gasteiger partial charge in [-0.2, -0.15) is 19.9 Å². The van der Waals surface area contributed by atoms with Crippen LogP contribution in [0.4, 0.5) is 17.6 Å². The van der Waals surface area contributed by atoms with Crippen molar-refractivity contribution < 1.29 is 9.47 Å². The quantitative estimate of drug-likeness (QED) is 0.509. The SMILES string of the molecule is COc1cc(OC)nc(CN2CCN(c3nc4c5c(n3)N(Cc3ccccc3)CCC5NN4)CC2)n1. The summed E-state index contributed by atoms with van der Waals surface area (Å²) in [5.41, 5.74) is 9.16. The van der Waals surface area contributed by atoms with E-state index in [9.17, 15) is 0 Å². The van der Waals surface area contributed by atoms with Crippen LogP contribution in [0.5, 0.6) is 11.8 Å². The zero-order chi connectivity index (χ0) is 24.5. The molecule has 0 bridgehead atoms. The van der Waals surface area contributed by atoms with Gasteiger partial charge in [0.25, 0.3) is 0 Å². The molecule has 0 radical (unpaired) electrons. The van der Waals surface area contributed by atoms with Crippen molar-refractivity contribution in [3.63, 3.8) is 0 Å². The molecule has 6 rings (SSSR count). The van der Waals surface area contributed by atoms with Gasteiger partial charge in [-0.3, -0.25) is 4.90 Å². The molecule has 1 saturated heterocycles. The highest BCUT2D eigenvalue weighted by atomic mass is 16.5. The molecule has 0 spiro atoms. The largest absolute Gasteiger partial charge is 0.481 e. The van der Waals surface area contributed by atoms with Gasteiger partial charge in [0, 0.05) is 39.3 Å². The predicted molar refractivity (Wildman–Crippen MR) is 136 cm³/mol. The zero-order valence-electron chi connectivity index (χ0n) is 20.6. The number of piperazine rings is 1. The van der Waals surface area contributed by atoms with E-state index in [1.807, 2.05) is 0 Å². The van der Waals surface area contributed by atoms with E-state index in [0.717, 1.165) is 63.3 Å². The molecule has 1 unspecified atom stereocenters. The van der Waals surface area contributed by atoms with Crippen LogP contribution in [0, 0.1) is 0 Å². The van der Waals surface area contributed by atoms with Crippen molar-refractivity contribution in [3.8, 4) is 11.8 Å². The fraction of sp³-hybridized carbons (Fsp3) is 0.440. The standard InChI is InChI=1S/C25H31N9O2/c1-35-20-14-21(36-2)27-19(26-20)16-32-10-12-33(13-11-32)25-28-23-22-18(30-31-23)8-9-34(24(22)29-25)15-17-6-4-3-5-7-17/h3-7,14,18,30H,8-13,15-16H2,1-2H3,(H,28,29,31). The number of nitrogens with zero attached hydrogens (tertiary/aromatic N) is 7. The van der Waals surface area contributed by atoms with E-state index in [2.05, 4.69) is 65.9 Å². The monoisotopic (exact) mass is 489 g/mol. The fourth-order valence-electron chi connectivity index (χ4n) is 5.07. The fourth-order valence-corrected chi connectivity index (χ4v) is 5.07. The minimum Gasteiger partial charge on any atom is -0.481 e. The van der Waals surface area contributed by atoms with E-state index in [1.54, 1.807) is 20.3 Å². The van der Waals surface area contributed by atoms with Gasteiger partial charge in [-0.15, -0.1) is 0 Å². The average Bonchev–Trinajstić information content (AvgIpc) is 3.35. The average molecular weight is 490 g/mol. The van der Waals surface area contributed by atoms with Crippen LogP contribution < -0.4 is 30.1 Å². The Balaban J connectivity index is 1.17. The van der Waals surface area contributed by atoms with Crippen molar-refractivity contribution >= 4 is 17.6 Å². The minimum atomic E-state index is 0.257. The molecule has 1 fully saturated rings. The first kappa shape index (κ1) is 22.7. The molecular weight excluding hydrogens is 458 g/mol. The number of hydrazine groups is 1. The lowest BCUT2D eigenvalue weighted by molar-refractivity contribution is 0.240. The lowest BCUT2D eigenvalue weighted by Crippen LogP contribution is -2.47. The van der Waals surface area contributed by atoms with Crippen LogP contribution in [0.15, 0.2) is 36.4 Å². The molecule has 11 heteroatoms. The summed E-state index contributed by atoms with van der Waals surface area (Å²) in [7, 11) is 3.20. The molecule has 2 N–H and O–H groups in total. The van der Waals surface area contributed by atoms with Gasteiger partial charge in [0.1, 0.15) is 11.6 Å². The van der Waals surface area contributed by atoms with Crippen molar-refractivity contribution in [2.45, 2.75) is 25.6 Å². The number of benzene rings is 1. The highest BCUT2D eigenvalue weighted by Crippen LogP contribution is 2.41. The van der Waals surface area contributed by atoms with Crippen LogP contribution in [-0.4, -0.2) is 71.8 Å². The molecule has 5 heterocycles. The van der Waals surface area contributed by atoms with Gasteiger partial charge in [0.05, 0.1) is 38.4 Å². The second-order valence-corrected chi connectivity index (χ2v) is 9.26. The van der Waals surface area contributed by atoms with Crippen LogP contribution in [0.3, 0.4) is 0 Å². The van der Waals surface area contributed by atoms with Gasteiger partial charge in [-0.1, -0.05) is 30.3 Å². The normalized spacial score (nSPS) is 19.1. The highest BCUT2D eigenvalue weighted by Gasteiger charge is 2.35. The summed E-state index contributed by atoms with van der Waals surface area (Å²) in [5, 5.41) is 0. The summed E-state index contributed by atoms with van der Waals surface area (Å²) in [6, 6.07) is 12.5. The lowest BCUT2D eigenvalue weighted by Gasteiger charge is -2.36. The molecule has 3 aromatic rings. The molecule has 3 aliphatic heterocycles. The Labute approximate surface area is 210 Å². The number of hydrogen-bond acceptors (Lipinski definition) is 11. The van der Waals surface area contributed by atoms with Crippen LogP contribution in [0.2, 0.25) is 0 Å². The third kappa shape index (κ3) is 4.47. The van der Waals surface area contributed by atoms with Crippen molar-refractivity contribution in [1.82, 2.24) is 30.3 Å². The zero-order valence-corrected chi connectivity index (χ0v) is 20.6. The summed E-state index contributed by atoms with van der Waals surface area (Å²) in [6.45, 7) is 5.81. The summed E-state index contributed by atoms with van der Waals surface area (Å²) in [6.07, 6.45) is 1.03. The Kier molecular flexibility index (Phi) is 6.16. The van der Waals surface area contributed by atoms with Gasteiger partial charge in [-0.25, -0.2) is 5.43 Å². The van der Waals surface area contributed by atoms with E-state index in [1.165, 1.54) is 11.1 Å². The Morgan fingerprint density at radius 1 is 0.889 bits per heavy atom. The summed E-state index contributed by atoms with van der Waals surface area (Å²) < 4.78 is 10.6. The van der Waals surface area contributed by atoms with Gasteiger partial charge in [0.15, 0.2) is 5.82 Å². The molecule has 3 aliphatic rings. The lowest BCUT2D eigenvalue weighted by atomic mass is 10.0. The second kappa shape index (κ2) is 9.75. The molecule has 1 atom stereocenters. The number of ether oxygens (including phenoxy) is 2. The van der Waals surface area contributed by atoms with Gasteiger partial charge < -0.3 is 24.7 Å². The van der Waals surface area contributed by atoms with E-state index < -0.39 is 0 Å². The molecule has 11 nitrogen and oxygen atoms in total. The molecule has 36 heavy (non-hydrogen) atoms. The summed E-state index contributed by atoms with van der Waals surface area (Å²) in [4.78, 5) is 25.9. The number of methoxy groups -OCH3 is 2. The molecule has 188 valence electrons. The summed E-state index contributed by atoms with van der Waals surface area (Å²) in [5.74, 6) is 4.42. The Hall–Kier alpha value is -3.70. The smallest absolute Gasteiger partial charge is 0.229 e. The number of anilines is 3. The van der Waals surface area contributed by atoms with Crippen molar-refractivity contribution in [2.75, 3.05) is 62.2 Å². The highest BCUT2D eigenvalue weighted by molar-refractivity contribution is 5.67. The predicted octanol–water partition coefficient (Wildman–Crippen LogP) is 1.99. The minimum absolute atomic E-state index is 0.257. The van der Waals surface area contributed by atoms with Crippen molar-refractivity contribution in [3.05, 3.63) is 53.3 Å². The maximum Gasteiger partial charge on any atom is 0.229 e. The van der Waals surface area contributed by atoms with Gasteiger partial charge in [-0.05, 0) is 12.0 Å². The molecule has 0 aliphatic carbocycles. The maximum absolute atomic E-state index is 5.29. The Morgan fingerprint density at radius 3 is 2.36 bits per heavy atom. The van der Waals surface area contributed by atoms with E-state index in [4.69, 9.17) is 19.4 Å². The third-order valence-electron chi connectivity index (χ3n) is 6.99. The first-order valence-corrected chi connectivity index (χ1v) is 12.4. The van der Waals surface area contributed by atoms with Crippen LogP contribution in [0.25, 0.3) is 0 Å². The molecule has 2 aromatic heterocycles. The van der Waals surface area contributed by atoms with E-state index in [-0.39, 0.29) is 6.04 Å². The molecule has 1 aromatic carbocycles. The second-order valence-electron chi connectivity index (χ2n) is 9.26. The number of aromatic nitrogens is 4. The number of nitrogens with one attached hydrogen (secondary N) is 2. The van der Waals surface area contributed by atoms with E-state index in [0.29, 0.717) is 24.1 Å². The molecule has 0 amide bonds. The first-order valence-electron chi connectivity index (χ1n) is 12.4. The topological polar surface area (TPSA) is 104 Å². The van der Waals surface area contributed by atoms with Crippen LogP contribution in [0.1, 0.15) is 29.4 Å². The number of hydrogen-bond donors (Lipinski definition) is 2. The Morgan fingerprint density at radius 2 is 1.64 bits per heavy atom. The van der Waals surface area contributed by atoms with E-state index >= 15 is 0 Å². The van der Waals surface area contributed by atoms with Crippen molar-refractivity contribution in [2.24, 2.45) is 0 Å². The Bertz CT molecular complexity index is 1200. The number of rotatable bonds is 7. The molecule has 0 saturated carbocycles.